The molecule has 0 saturated carbocycles. The van der Waals surface area contributed by atoms with Gasteiger partial charge in [0.2, 0.25) is 5.91 Å². The fourth-order valence-corrected chi connectivity index (χ4v) is 5.84. The highest BCUT2D eigenvalue weighted by atomic mass is 32.2. The van der Waals surface area contributed by atoms with Crippen molar-refractivity contribution in [2.45, 2.75) is 56.8 Å². The summed E-state index contributed by atoms with van der Waals surface area (Å²) in [7, 11) is -2.70. The number of amides is 1. The van der Waals surface area contributed by atoms with E-state index < -0.39 is 44.4 Å². The van der Waals surface area contributed by atoms with Gasteiger partial charge >= 0.3 is 5.97 Å². The maximum atomic E-state index is 14.1. The molecule has 0 aliphatic carbocycles. The highest BCUT2D eigenvalue weighted by Crippen LogP contribution is 2.34. The van der Waals surface area contributed by atoms with Gasteiger partial charge in [0.25, 0.3) is 0 Å². The van der Waals surface area contributed by atoms with Crippen molar-refractivity contribution in [1.82, 2.24) is 5.43 Å². The molecule has 1 unspecified atom stereocenters. The minimum absolute atomic E-state index is 0.0129. The average Bonchev–Trinajstić information content (AvgIpc) is 2.84. The second kappa shape index (κ2) is 12.9. The van der Waals surface area contributed by atoms with Gasteiger partial charge in [-0.3, -0.25) is 15.0 Å². The topological polar surface area (TPSA) is 125 Å². The van der Waals surface area contributed by atoms with E-state index in [-0.39, 0.29) is 17.2 Å². The molecule has 37 heavy (non-hydrogen) atoms. The van der Waals surface area contributed by atoms with E-state index in [4.69, 9.17) is 15.3 Å². The summed E-state index contributed by atoms with van der Waals surface area (Å²) in [6.45, 7) is 8.84. The van der Waals surface area contributed by atoms with Gasteiger partial charge in [-0.15, -0.1) is 0 Å². The molecule has 3 atom stereocenters. The number of hydrogen-bond acceptors (Lipinski definition) is 7. The lowest BCUT2D eigenvalue weighted by atomic mass is 9.82. The summed E-state index contributed by atoms with van der Waals surface area (Å²) in [5, 5.41) is -1.42. The van der Waals surface area contributed by atoms with Crippen LogP contribution in [-0.2, 0) is 24.2 Å². The van der Waals surface area contributed by atoms with Crippen LogP contribution in [0.4, 0.5) is 0 Å². The van der Waals surface area contributed by atoms with Gasteiger partial charge in [-0.2, -0.15) is 0 Å². The van der Waals surface area contributed by atoms with Crippen molar-refractivity contribution < 1.29 is 27.5 Å². The standard InChI is InChI=1S/C28H38N2O6S/c1-19(2)18-23(26(31)30-29)25(27(32)36-28(3,4)5)24(17-12-20-10-8-7-9-11-20)37(33,34)22-15-13-21(35-6)14-16-22/h7-17,19,23-25H,18,29H2,1-6H3,(H,30,31)/t23-,24?,25-/m1/s1. The largest absolute Gasteiger partial charge is 0.497 e. The molecule has 0 fully saturated rings. The molecule has 3 N–H and O–H groups in total. The number of methoxy groups -OCH3 is 1. The van der Waals surface area contributed by atoms with Crippen LogP contribution in [0.3, 0.4) is 0 Å². The third kappa shape index (κ3) is 8.43. The Morgan fingerprint density at radius 2 is 1.62 bits per heavy atom. The van der Waals surface area contributed by atoms with Gasteiger partial charge in [-0.25, -0.2) is 14.3 Å². The molecule has 2 rings (SSSR count). The third-order valence-corrected chi connectivity index (χ3v) is 7.79. The molecule has 0 spiro atoms. The summed E-state index contributed by atoms with van der Waals surface area (Å²) in [4.78, 5) is 26.7. The summed E-state index contributed by atoms with van der Waals surface area (Å²) < 4.78 is 39.1. The van der Waals surface area contributed by atoms with Crippen molar-refractivity contribution in [1.29, 1.82) is 0 Å². The maximum absolute atomic E-state index is 14.1. The molecule has 0 aromatic heterocycles. The zero-order valence-electron chi connectivity index (χ0n) is 22.3. The fraction of sp³-hybridized carbons (Fsp3) is 0.429. The number of benzene rings is 2. The first-order chi connectivity index (χ1) is 17.3. The fourth-order valence-electron chi connectivity index (χ4n) is 4.04. The molecule has 8 nitrogen and oxygen atoms in total. The van der Waals surface area contributed by atoms with E-state index >= 15 is 0 Å². The first-order valence-corrected chi connectivity index (χ1v) is 13.7. The Morgan fingerprint density at radius 3 is 2.11 bits per heavy atom. The lowest BCUT2D eigenvalue weighted by Gasteiger charge is -2.33. The first-order valence-electron chi connectivity index (χ1n) is 12.1. The van der Waals surface area contributed by atoms with Gasteiger partial charge in [0.1, 0.15) is 11.4 Å². The van der Waals surface area contributed by atoms with Crippen molar-refractivity contribution in [3.05, 3.63) is 66.2 Å². The van der Waals surface area contributed by atoms with Crippen molar-refractivity contribution >= 4 is 27.8 Å². The zero-order chi connectivity index (χ0) is 27.8. The molecule has 202 valence electrons. The molecule has 0 saturated heterocycles. The molecule has 0 aliphatic rings. The van der Waals surface area contributed by atoms with Crippen LogP contribution < -0.4 is 16.0 Å². The normalized spacial score (nSPS) is 14.7. The van der Waals surface area contributed by atoms with E-state index in [1.54, 1.807) is 26.8 Å². The summed E-state index contributed by atoms with van der Waals surface area (Å²) in [5.74, 6) is 2.11. The number of carbonyl (C=O) groups is 2. The Kier molecular flexibility index (Phi) is 10.5. The molecule has 0 aliphatic heterocycles. The van der Waals surface area contributed by atoms with Crippen molar-refractivity contribution in [3.8, 4) is 5.75 Å². The van der Waals surface area contributed by atoms with E-state index in [1.807, 2.05) is 44.2 Å². The molecule has 0 radical (unpaired) electrons. The van der Waals surface area contributed by atoms with Crippen LogP contribution in [0.1, 0.15) is 46.6 Å². The van der Waals surface area contributed by atoms with Gasteiger partial charge in [0.05, 0.1) is 29.1 Å². The number of rotatable bonds is 11. The lowest BCUT2D eigenvalue weighted by Crippen LogP contribution is -2.49. The van der Waals surface area contributed by atoms with Gasteiger partial charge in [0.15, 0.2) is 9.84 Å². The predicted molar refractivity (Wildman–Crippen MR) is 144 cm³/mol. The molecule has 1 amide bonds. The Hall–Kier alpha value is -3.17. The number of sulfone groups is 1. The van der Waals surface area contributed by atoms with Gasteiger partial charge in [0, 0.05) is 0 Å². The SMILES string of the molecule is COc1ccc(S(=O)(=O)C(C=Cc2ccccc2)[C@H](C(=O)OC(C)(C)C)[C@@H](CC(C)C)C(=O)NN)cc1. The number of hydrogen-bond donors (Lipinski definition) is 2. The van der Waals surface area contributed by atoms with Crippen LogP contribution in [0.2, 0.25) is 0 Å². The molecule has 9 heteroatoms. The molecule has 2 aromatic carbocycles. The zero-order valence-corrected chi connectivity index (χ0v) is 23.1. The van der Waals surface area contributed by atoms with Crippen LogP contribution >= 0.6 is 0 Å². The highest BCUT2D eigenvalue weighted by molar-refractivity contribution is 7.92. The van der Waals surface area contributed by atoms with Crippen molar-refractivity contribution in [2.24, 2.45) is 23.6 Å². The monoisotopic (exact) mass is 530 g/mol. The number of nitrogens with one attached hydrogen (secondary N) is 1. The van der Waals surface area contributed by atoms with E-state index in [1.165, 1.54) is 37.5 Å². The number of esters is 1. The highest BCUT2D eigenvalue weighted by Gasteiger charge is 2.46. The second-order valence-corrected chi connectivity index (χ2v) is 12.4. The molecule has 0 bridgehead atoms. The smallest absolute Gasteiger partial charge is 0.311 e. The van der Waals surface area contributed by atoms with Gasteiger partial charge in [-0.1, -0.05) is 56.3 Å². The van der Waals surface area contributed by atoms with Crippen LogP contribution in [0.15, 0.2) is 65.6 Å². The second-order valence-electron chi connectivity index (χ2n) is 10.3. The summed E-state index contributed by atoms with van der Waals surface area (Å²) >= 11 is 0. The maximum Gasteiger partial charge on any atom is 0.311 e. The lowest BCUT2D eigenvalue weighted by molar-refractivity contribution is -0.163. The first kappa shape index (κ1) is 30.1. The van der Waals surface area contributed by atoms with Gasteiger partial charge in [-0.05, 0) is 62.9 Å². The van der Waals surface area contributed by atoms with E-state index in [0.29, 0.717) is 5.75 Å². The Bertz CT molecular complexity index is 1170. The number of nitrogens with two attached hydrogens (primary N) is 1. The van der Waals surface area contributed by atoms with Gasteiger partial charge < -0.3 is 9.47 Å². The van der Waals surface area contributed by atoms with E-state index in [9.17, 15) is 18.0 Å². The summed E-state index contributed by atoms with van der Waals surface area (Å²) in [5.41, 5.74) is 1.95. The van der Waals surface area contributed by atoms with E-state index in [2.05, 4.69) is 5.43 Å². The van der Waals surface area contributed by atoms with E-state index in [0.717, 1.165) is 5.56 Å². The molecule has 0 heterocycles. The minimum atomic E-state index is -4.18. The summed E-state index contributed by atoms with van der Waals surface area (Å²) in [6.07, 6.45) is 3.32. The molecular formula is C28H38N2O6S. The Morgan fingerprint density at radius 1 is 1.03 bits per heavy atom. The van der Waals surface area contributed by atoms with Crippen LogP contribution in [0, 0.1) is 17.8 Å². The Labute approximate surface area is 220 Å². The minimum Gasteiger partial charge on any atom is -0.497 e. The van der Waals surface area contributed by atoms with Crippen LogP contribution in [0.25, 0.3) is 6.08 Å². The predicted octanol–water partition coefficient (Wildman–Crippen LogP) is 4.16. The quantitative estimate of drug-likeness (QED) is 0.193. The number of carbonyl (C=O) groups excluding carboxylic acids is 2. The van der Waals surface area contributed by atoms with Crippen LogP contribution in [-0.4, -0.2) is 38.3 Å². The molecular weight excluding hydrogens is 492 g/mol. The average molecular weight is 531 g/mol. The number of ether oxygens (including phenoxy) is 2. The van der Waals surface area contributed by atoms with Crippen molar-refractivity contribution in [2.75, 3.05) is 7.11 Å². The molecule has 2 aromatic rings. The van der Waals surface area contributed by atoms with Crippen LogP contribution in [0.5, 0.6) is 5.75 Å². The Balaban J connectivity index is 2.78. The summed E-state index contributed by atoms with van der Waals surface area (Å²) in [6, 6.07) is 15.0. The third-order valence-electron chi connectivity index (χ3n) is 5.69. The number of hydrazine groups is 1. The van der Waals surface area contributed by atoms with Crippen molar-refractivity contribution in [3.63, 3.8) is 0 Å².